The molecule has 0 aliphatic rings. The average molecular weight is 293 g/mol. The summed E-state index contributed by atoms with van der Waals surface area (Å²) in [6, 6.07) is 6.69. The number of aryl methyl sites for hydroxylation is 2. The predicted molar refractivity (Wildman–Crippen MR) is 45.4 cm³/mol. The number of rotatable bonds is 3. The molecule has 81 valence electrons. The second-order valence-electron chi connectivity index (χ2n) is 2.90. The molecular formula is C10H15Cl3V. The van der Waals surface area contributed by atoms with Crippen LogP contribution in [-0.2, 0) is 25.0 Å². The van der Waals surface area contributed by atoms with Gasteiger partial charge in [0.15, 0.2) is 0 Å². The van der Waals surface area contributed by atoms with Crippen molar-refractivity contribution in [2.45, 2.75) is 33.1 Å². The molecule has 1 radical (unpaired) electrons. The van der Waals surface area contributed by atoms with Crippen molar-refractivity contribution >= 4 is 0 Å². The summed E-state index contributed by atoms with van der Waals surface area (Å²) >= 11 is 0. The Morgan fingerprint density at radius 3 is 2.14 bits per heavy atom. The third-order valence-corrected chi connectivity index (χ3v) is 1.79. The van der Waals surface area contributed by atoms with E-state index in [-0.39, 0.29) is 55.8 Å². The molecule has 0 unspecified atom stereocenters. The van der Waals surface area contributed by atoms with E-state index in [0.717, 1.165) is 0 Å². The zero-order chi connectivity index (χ0) is 7.40. The summed E-state index contributed by atoms with van der Waals surface area (Å²) in [6.45, 7) is 4.38. The Hall–Kier alpha value is 0.804. The molecule has 0 atom stereocenters. The molecule has 0 amide bonds. The molecule has 1 aromatic rings. The van der Waals surface area contributed by atoms with E-state index >= 15 is 0 Å². The predicted octanol–water partition coefficient (Wildman–Crippen LogP) is -5.93. The van der Waals surface area contributed by atoms with Gasteiger partial charge in [-0.25, -0.2) is 11.6 Å². The van der Waals surface area contributed by atoms with Crippen LogP contribution in [-0.4, -0.2) is 0 Å². The first-order chi connectivity index (χ1) is 4.83. The Bertz CT molecular complexity index is 199. The van der Waals surface area contributed by atoms with E-state index in [0.29, 0.717) is 0 Å². The minimum atomic E-state index is 0. The third kappa shape index (κ3) is 9.36. The van der Waals surface area contributed by atoms with Crippen molar-refractivity contribution in [3.8, 4) is 0 Å². The van der Waals surface area contributed by atoms with Gasteiger partial charge < -0.3 is 37.2 Å². The average Bonchev–Trinajstić information content (AvgIpc) is 2.31. The Kier molecular flexibility index (Phi) is 23.8. The molecule has 14 heavy (non-hydrogen) atoms. The molecular weight excluding hydrogens is 277 g/mol. The number of hydrogen-bond donors (Lipinski definition) is 0. The van der Waals surface area contributed by atoms with Crippen LogP contribution in [0.25, 0.3) is 0 Å². The van der Waals surface area contributed by atoms with Gasteiger partial charge in [0.25, 0.3) is 0 Å². The van der Waals surface area contributed by atoms with E-state index in [1.165, 1.54) is 30.4 Å². The van der Waals surface area contributed by atoms with Crippen LogP contribution in [0.5, 0.6) is 0 Å². The van der Waals surface area contributed by atoms with Crippen LogP contribution in [0.1, 0.15) is 30.9 Å². The molecule has 0 nitrogen and oxygen atoms in total. The van der Waals surface area contributed by atoms with Gasteiger partial charge in [0.1, 0.15) is 0 Å². The van der Waals surface area contributed by atoms with E-state index in [1.807, 2.05) is 0 Å². The molecule has 0 spiro atoms. The fraction of sp³-hybridized carbons (Fsp3) is 0.500. The summed E-state index contributed by atoms with van der Waals surface area (Å²) < 4.78 is 0. The molecule has 0 bridgehead atoms. The smallest absolute Gasteiger partial charge is 1.00 e. The first-order valence-electron chi connectivity index (χ1n) is 4.05. The third-order valence-electron chi connectivity index (χ3n) is 1.79. The van der Waals surface area contributed by atoms with Crippen molar-refractivity contribution in [1.82, 2.24) is 0 Å². The maximum atomic E-state index is 2.27. The zero-order valence-electron chi connectivity index (χ0n) is 8.43. The second-order valence-corrected chi connectivity index (χ2v) is 2.90. The minimum absolute atomic E-state index is 0. The van der Waals surface area contributed by atoms with E-state index < -0.39 is 0 Å². The maximum absolute atomic E-state index is 2.27. The molecule has 0 fully saturated rings. The van der Waals surface area contributed by atoms with Gasteiger partial charge in [-0.15, -0.1) is 0 Å². The number of halogens is 3. The van der Waals surface area contributed by atoms with Gasteiger partial charge in [-0.05, 0) is 0 Å². The zero-order valence-corrected chi connectivity index (χ0v) is 12.1. The molecule has 0 saturated heterocycles. The van der Waals surface area contributed by atoms with Gasteiger partial charge >= 0.3 is 18.6 Å². The van der Waals surface area contributed by atoms with Crippen molar-refractivity contribution in [3.05, 3.63) is 29.3 Å². The molecule has 1 aromatic carbocycles. The van der Waals surface area contributed by atoms with Gasteiger partial charge in [0.2, 0.25) is 0 Å². The molecule has 0 N–H and O–H groups in total. The summed E-state index contributed by atoms with van der Waals surface area (Å²) in [5.74, 6) is 0. The second kappa shape index (κ2) is 13.8. The maximum Gasteiger partial charge on any atom is 4.00 e. The summed E-state index contributed by atoms with van der Waals surface area (Å²) in [5.41, 5.74) is 2.89. The van der Waals surface area contributed by atoms with Gasteiger partial charge in [0, 0.05) is 0 Å². The molecule has 0 aromatic heterocycles. The van der Waals surface area contributed by atoms with E-state index in [9.17, 15) is 0 Å². The Morgan fingerprint density at radius 1 is 1.21 bits per heavy atom. The fourth-order valence-electron chi connectivity index (χ4n) is 1.16. The quantitative estimate of drug-likeness (QED) is 0.487. The van der Waals surface area contributed by atoms with Crippen LogP contribution in [0, 0.1) is 6.92 Å². The van der Waals surface area contributed by atoms with Crippen LogP contribution in [0.4, 0.5) is 0 Å². The van der Waals surface area contributed by atoms with Crippen molar-refractivity contribution in [3.63, 3.8) is 0 Å². The molecule has 0 aliphatic carbocycles. The summed E-state index contributed by atoms with van der Waals surface area (Å²) in [6.07, 6.45) is 3.87. The van der Waals surface area contributed by atoms with Crippen LogP contribution in [0.15, 0.2) is 18.2 Å². The number of unbranched alkanes of at least 4 members (excludes halogenated alkanes) is 1. The van der Waals surface area contributed by atoms with E-state index in [2.05, 4.69) is 32.0 Å². The molecule has 4 heteroatoms. The minimum Gasteiger partial charge on any atom is -1.00 e. The fourth-order valence-corrected chi connectivity index (χ4v) is 1.16. The standard InChI is InChI=1S/C10H15.3ClH.V/c1-3-4-5-10-7-6-9(2)8-10;;;;/h6-8H,3-5H2,1-2H3;3*1H;/q-1;;;;+4/p-3. The van der Waals surface area contributed by atoms with E-state index in [4.69, 9.17) is 0 Å². The summed E-state index contributed by atoms with van der Waals surface area (Å²) in [4.78, 5) is 0. The SMILES string of the molecule is CCCC[c-]1ccc(C)c1.[Cl-].[Cl-].[Cl-].[V+4]. The molecule has 1 rings (SSSR count). The van der Waals surface area contributed by atoms with Crippen LogP contribution in [0.2, 0.25) is 0 Å². The Morgan fingerprint density at radius 2 is 1.79 bits per heavy atom. The monoisotopic (exact) mass is 291 g/mol. The van der Waals surface area contributed by atoms with Gasteiger partial charge in [0.05, 0.1) is 0 Å². The topological polar surface area (TPSA) is 0 Å². The molecule has 0 aliphatic heterocycles. The van der Waals surface area contributed by atoms with Crippen LogP contribution >= 0.6 is 0 Å². The summed E-state index contributed by atoms with van der Waals surface area (Å²) in [5, 5.41) is 0. The molecule has 0 heterocycles. The van der Waals surface area contributed by atoms with E-state index in [1.54, 1.807) is 0 Å². The van der Waals surface area contributed by atoms with Crippen molar-refractivity contribution in [2.24, 2.45) is 0 Å². The van der Waals surface area contributed by atoms with Crippen LogP contribution < -0.4 is 37.2 Å². The normalized spacial score (nSPS) is 7.29. The molecule has 0 saturated carbocycles. The van der Waals surface area contributed by atoms with Crippen molar-refractivity contribution < 1.29 is 55.8 Å². The number of hydrogen-bond acceptors (Lipinski definition) is 0. The van der Waals surface area contributed by atoms with Crippen molar-refractivity contribution in [1.29, 1.82) is 0 Å². The summed E-state index contributed by atoms with van der Waals surface area (Å²) in [7, 11) is 0. The van der Waals surface area contributed by atoms with Crippen molar-refractivity contribution in [2.75, 3.05) is 0 Å². The first-order valence-corrected chi connectivity index (χ1v) is 4.05. The first kappa shape index (κ1) is 24.2. The largest absolute Gasteiger partial charge is 4.00 e. The van der Waals surface area contributed by atoms with Gasteiger partial charge in [-0.3, -0.25) is 0 Å². The van der Waals surface area contributed by atoms with Gasteiger partial charge in [-0.2, -0.15) is 17.7 Å². The van der Waals surface area contributed by atoms with Crippen LogP contribution in [0.3, 0.4) is 0 Å². The Balaban J connectivity index is -0.000000125. The van der Waals surface area contributed by atoms with Gasteiger partial charge in [-0.1, -0.05) is 33.1 Å². The Labute approximate surface area is 118 Å².